The van der Waals surface area contributed by atoms with Crippen LogP contribution in [0.2, 0.25) is 38.3 Å². The molecule has 0 radical (unpaired) electrons. The van der Waals surface area contributed by atoms with Crippen LogP contribution in [0.25, 0.3) is 0 Å². The number of nitrogens with zero attached hydrogens (tertiary/aromatic N) is 1. The predicted molar refractivity (Wildman–Crippen MR) is 67.9 cm³/mol. The molecule has 1 fully saturated rings. The second-order valence-corrected chi connectivity index (χ2v) is 15.4. The van der Waals surface area contributed by atoms with Gasteiger partial charge in [-0.1, -0.05) is 26.2 Å². The number of methoxy groups -OCH3 is 1. The zero-order valence-corrected chi connectivity index (χ0v) is 12.8. The van der Waals surface area contributed by atoms with E-state index in [1.54, 1.807) is 0 Å². The number of esters is 1. The van der Waals surface area contributed by atoms with Crippen molar-refractivity contribution in [1.29, 1.82) is 0 Å². The molecule has 1 aliphatic heterocycles. The van der Waals surface area contributed by atoms with E-state index in [2.05, 4.69) is 30.4 Å². The van der Waals surface area contributed by atoms with Crippen LogP contribution in [-0.2, 0) is 9.53 Å². The first-order valence-electron chi connectivity index (χ1n) is 5.60. The van der Waals surface area contributed by atoms with Crippen LogP contribution < -0.4 is 0 Å². The van der Waals surface area contributed by atoms with E-state index < -0.39 is 16.5 Å². The van der Waals surface area contributed by atoms with Crippen molar-refractivity contribution in [2.24, 2.45) is 0 Å². The fourth-order valence-corrected chi connectivity index (χ4v) is 17.9. The van der Waals surface area contributed by atoms with Crippen molar-refractivity contribution in [3.63, 3.8) is 0 Å². The first-order chi connectivity index (χ1) is 6.72. The summed E-state index contributed by atoms with van der Waals surface area (Å²) in [6.07, 6.45) is 0. The quantitative estimate of drug-likeness (QED) is 0.552. The molecule has 0 spiro atoms. The highest BCUT2D eigenvalue weighted by molar-refractivity contribution is 6.95. The molecule has 0 aromatic rings. The normalized spacial score (nSPS) is 26.3. The first-order valence-corrected chi connectivity index (χ1v) is 11.9. The zero-order valence-electron chi connectivity index (χ0n) is 10.8. The monoisotopic (exact) mass is 245 g/mol. The highest BCUT2D eigenvalue weighted by atomic mass is 28.4. The fraction of sp³-hybridized carbons (Fsp3) is 0.900. The fourth-order valence-electron chi connectivity index (χ4n) is 3.00. The van der Waals surface area contributed by atoms with E-state index in [0.29, 0.717) is 0 Å². The highest BCUT2D eigenvalue weighted by Crippen LogP contribution is 2.38. The molecule has 0 unspecified atom stereocenters. The number of carbonyl (C=O) groups excluding carboxylic acids is 1. The van der Waals surface area contributed by atoms with Gasteiger partial charge in [0, 0.05) is 0 Å². The van der Waals surface area contributed by atoms with Gasteiger partial charge in [-0.3, -0.25) is 4.79 Å². The second-order valence-electron chi connectivity index (χ2n) is 5.69. The Labute approximate surface area is 95.0 Å². The number of rotatable bonds is 2. The molecule has 1 heterocycles. The standard InChI is InChI=1S/C10H23NO2Si2/c1-9(10(12)13-2)11-14(3,4)7-8-15(11,5)6/h9H,7-8H2,1-6H3/t9-/m1/s1. The van der Waals surface area contributed by atoms with E-state index in [-0.39, 0.29) is 12.0 Å². The molecule has 0 N–H and O–H groups in total. The van der Waals surface area contributed by atoms with Crippen molar-refractivity contribution in [3.8, 4) is 0 Å². The third-order valence-corrected chi connectivity index (χ3v) is 14.0. The van der Waals surface area contributed by atoms with Gasteiger partial charge < -0.3 is 8.97 Å². The van der Waals surface area contributed by atoms with Crippen molar-refractivity contribution >= 4 is 22.4 Å². The van der Waals surface area contributed by atoms with Crippen LogP contribution >= 0.6 is 0 Å². The Kier molecular flexibility index (Phi) is 3.47. The summed E-state index contributed by atoms with van der Waals surface area (Å²) in [4.78, 5) is 11.7. The van der Waals surface area contributed by atoms with Gasteiger partial charge in [-0.2, -0.15) is 0 Å². The number of hydrogen-bond donors (Lipinski definition) is 0. The molecule has 3 nitrogen and oxygen atoms in total. The van der Waals surface area contributed by atoms with Gasteiger partial charge in [0.05, 0.1) is 13.2 Å². The molecule has 1 aliphatic rings. The van der Waals surface area contributed by atoms with Gasteiger partial charge in [-0.15, -0.1) is 0 Å². The lowest BCUT2D eigenvalue weighted by Crippen LogP contribution is -2.61. The summed E-state index contributed by atoms with van der Waals surface area (Å²) in [7, 11) is -1.22. The van der Waals surface area contributed by atoms with Gasteiger partial charge in [0.25, 0.3) is 0 Å². The van der Waals surface area contributed by atoms with E-state index in [1.165, 1.54) is 19.2 Å². The molecular weight excluding hydrogens is 222 g/mol. The predicted octanol–water partition coefficient (Wildman–Crippen LogP) is 2.27. The third kappa shape index (κ3) is 2.34. The SMILES string of the molecule is COC(=O)[C@@H](C)N1[Si](C)(C)CC[Si]1(C)C. The maximum atomic E-state index is 11.7. The summed E-state index contributed by atoms with van der Waals surface area (Å²) >= 11 is 0. The van der Waals surface area contributed by atoms with Crippen molar-refractivity contribution in [1.82, 2.24) is 4.23 Å². The minimum absolute atomic E-state index is 0.0409. The molecule has 5 heteroatoms. The topological polar surface area (TPSA) is 29.5 Å². The minimum Gasteiger partial charge on any atom is -0.468 e. The van der Waals surface area contributed by atoms with Gasteiger partial charge in [0.15, 0.2) is 0 Å². The molecule has 0 bridgehead atoms. The maximum Gasteiger partial charge on any atom is 0.321 e. The molecule has 1 saturated heterocycles. The molecule has 0 saturated carbocycles. The van der Waals surface area contributed by atoms with Crippen molar-refractivity contribution < 1.29 is 9.53 Å². The lowest BCUT2D eigenvalue weighted by atomic mass is 10.4. The Balaban J connectivity index is 2.94. The average Bonchev–Trinajstić information content (AvgIpc) is 2.34. The molecule has 88 valence electrons. The number of carbonyl (C=O) groups is 1. The van der Waals surface area contributed by atoms with Crippen molar-refractivity contribution in [3.05, 3.63) is 0 Å². The summed E-state index contributed by atoms with van der Waals surface area (Å²) < 4.78 is 7.44. The van der Waals surface area contributed by atoms with Crippen LogP contribution in [-0.4, -0.2) is 39.8 Å². The average molecular weight is 245 g/mol. The minimum atomic E-state index is -1.35. The van der Waals surface area contributed by atoms with E-state index in [9.17, 15) is 4.79 Å². The Hall–Kier alpha value is -0.136. The highest BCUT2D eigenvalue weighted by Gasteiger charge is 2.50. The molecule has 1 atom stereocenters. The molecular formula is C10H23NO2Si2. The van der Waals surface area contributed by atoms with Gasteiger partial charge in [-0.05, 0) is 19.0 Å². The maximum absolute atomic E-state index is 11.7. The van der Waals surface area contributed by atoms with E-state index in [0.717, 1.165) is 0 Å². The summed E-state index contributed by atoms with van der Waals surface area (Å²) in [5, 5.41) is 0. The largest absolute Gasteiger partial charge is 0.468 e. The summed E-state index contributed by atoms with van der Waals surface area (Å²) in [6, 6.07) is 2.61. The number of ether oxygens (including phenoxy) is 1. The Bertz CT molecular complexity index is 250. The molecule has 0 aliphatic carbocycles. The Morgan fingerprint density at radius 3 is 1.93 bits per heavy atom. The van der Waals surface area contributed by atoms with Gasteiger partial charge in [0.2, 0.25) is 0 Å². The first kappa shape index (κ1) is 12.9. The summed E-state index contributed by atoms with van der Waals surface area (Å²) in [5.41, 5.74) is 0. The van der Waals surface area contributed by atoms with Gasteiger partial charge in [-0.25, -0.2) is 0 Å². The van der Waals surface area contributed by atoms with Crippen LogP contribution in [0.4, 0.5) is 0 Å². The van der Waals surface area contributed by atoms with Crippen molar-refractivity contribution in [2.75, 3.05) is 7.11 Å². The van der Waals surface area contributed by atoms with E-state index in [4.69, 9.17) is 4.74 Å². The lowest BCUT2D eigenvalue weighted by Gasteiger charge is -2.42. The summed E-state index contributed by atoms with van der Waals surface area (Å²) in [6.45, 7) is 11.5. The zero-order chi connectivity index (χ0) is 11.9. The van der Waals surface area contributed by atoms with Crippen LogP contribution in [0.1, 0.15) is 6.92 Å². The van der Waals surface area contributed by atoms with Crippen molar-refractivity contribution in [2.45, 2.75) is 51.2 Å². The molecule has 1 rings (SSSR count). The lowest BCUT2D eigenvalue weighted by molar-refractivity contribution is -0.143. The molecule has 0 amide bonds. The van der Waals surface area contributed by atoms with Crippen LogP contribution in [0, 0.1) is 0 Å². The Morgan fingerprint density at radius 1 is 1.20 bits per heavy atom. The van der Waals surface area contributed by atoms with E-state index in [1.807, 2.05) is 6.92 Å². The second kappa shape index (κ2) is 4.03. The Morgan fingerprint density at radius 2 is 1.60 bits per heavy atom. The molecule has 15 heavy (non-hydrogen) atoms. The summed E-state index contributed by atoms with van der Waals surface area (Å²) in [5.74, 6) is -0.0713. The third-order valence-electron chi connectivity index (χ3n) is 3.58. The smallest absolute Gasteiger partial charge is 0.321 e. The molecule has 0 aromatic carbocycles. The van der Waals surface area contributed by atoms with Crippen LogP contribution in [0.15, 0.2) is 0 Å². The van der Waals surface area contributed by atoms with Crippen LogP contribution in [0.3, 0.4) is 0 Å². The van der Waals surface area contributed by atoms with Gasteiger partial charge >= 0.3 is 5.97 Å². The van der Waals surface area contributed by atoms with E-state index >= 15 is 0 Å². The number of hydrogen-bond acceptors (Lipinski definition) is 3. The van der Waals surface area contributed by atoms with Crippen LogP contribution in [0.5, 0.6) is 0 Å². The van der Waals surface area contributed by atoms with Gasteiger partial charge in [0.1, 0.15) is 16.5 Å². The molecule has 0 aromatic heterocycles.